The van der Waals surface area contributed by atoms with Crippen molar-refractivity contribution in [2.75, 3.05) is 39.5 Å². The Kier molecular flexibility index (Phi) is 5.25. The van der Waals surface area contributed by atoms with Crippen LogP contribution in [0, 0.1) is 18.3 Å². The van der Waals surface area contributed by atoms with Gasteiger partial charge in [0.05, 0.1) is 18.9 Å². The van der Waals surface area contributed by atoms with Crippen molar-refractivity contribution in [2.45, 2.75) is 6.92 Å². The van der Waals surface area contributed by atoms with Gasteiger partial charge in [-0.15, -0.1) is 0 Å². The summed E-state index contributed by atoms with van der Waals surface area (Å²) < 4.78 is 11.1. The molecule has 0 spiro atoms. The molecular formula is C16H19N4O3S+. The van der Waals surface area contributed by atoms with Crippen molar-refractivity contribution >= 4 is 11.3 Å². The molecule has 0 amide bonds. The van der Waals surface area contributed by atoms with Gasteiger partial charge < -0.3 is 19.4 Å². The number of hydrogen-bond acceptors (Lipinski definition) is 6. The lowest BCUT2D eigenvalue weighted by atomic mass is 10.1. The van der Waals surface area contributed by atoms with Crippen LogP contribution in [0.2, 0.25) is 0 Å². The Morgan fingerprint density at radius 1 is 1.50 bits per heavy atom. The van der Waals surface area contributed by atoms with Gasteiger partial charge in [-0.1, -0.05) is 11.3 Å². The number of aryl methyl sites for hydroxylation is 1. The predicted octanol–water partition coefficient (Wildman–Crippen LogP) is -0.0276. The molecule has 1 aliphatic heterocycles. The minimum atomic E-state index is -0.376. The second kappa shape index (κ2) is 7.57. The fourth-order valence-electron chi connectivity index (χ4n) is 2.61. The highest BCUT2D eigenvalue weighted by Crippen LogP contribution is 2.27. The van der Waals surface area contributed by atoms with Crippen LogP contribution in [-0.2, 0) is 4.74 Å². The molecule has 0 saturated carbocycles. The lowest BCUT2D eigenvalue weighted by Gasteiger charge is -2.23. The summed E-state index contributed by atoms with van der Waals surface area (Å²) in [7, 11) is 0. The van der Waals surface area contributed by atoms with Gasteiger partial charge in [0, 0.05) is 16.6 Å². The molecule has 2 aromatic rings. The van der Waals surface area contributed by atoms with Gasteiger partial charge in [0.2, 0.25) is 0 Å². The number of morpholine rings is 1. The minimum Gasteiger partial charge on any atom is -0.464 e. The van der Waals surface area contributed by atoms with Crippen molar-refractivity contribution in [3.05, 3.63) is 33.1 Å². The molecule has 0 aliphatic carbocycles. The molecule has 1 aliphatic rings. The fraction of sp³-hybridized carbons (Fsp3) is 0.438. The summed E-state index contributed by atoms with van der Waals surface area (Å²) in [6.45, 7) is 6.97. The minimum absolute atomic E-state index is 0.0852. The van der Waals surface area contributed by atoms with E-state index in [1.54, 1.807) is 13.0 Å². The molecule has 1 fully saturated rings. The molecule has 0 aromatic carbocycles. The molecule has 3 heterocycles. The van der Waals surface area contributed by atoms with E-state index < -0.39 is 0 Å². The van der Waals surface area contributed by atoms with E-state index in [4.69, 9.17) is 14.7 Å². The lowest BCUT2D eigenvalue weighted by molar-refractivity contribution is -0.908. The van der Waals surface area contributed by atoms with Crippen LogP contribution in [0.1, 0.15) is 11.3 Å². The number of H-pyrrole nitrogens is 1. The number of nitrogens with zero attached hydrogens (tertiary/aromatic N) is 2. The molecule has 0 atom stereocenters. The van der Waals surface area contributed by atoms with Crippen LogP contribution in [0.25, 0.3) is 11.3 Å². The highest BCUT2D eigenvalue weighted by molar-refractivity contribution is 7.11. The van der Waals surface area contributed by atoms with Gasteiger partial charge in [0.15, 0.2) is 0 Å². The summed E-state index contributed by atoms with van der Waals surface area (Å²) in [4.78, 5) is 20.2. The molecule has 7 nitrogen and oxygen atoms in total. The molecule has 2 aromatic heterocycles. The molecule has 0 unspecified atom stereocenters. The van der Waals surface area contributed by atoms with Gasteiger partial charge >= 0.3 is 0 Å². The fourth-order valence-corrected chi connectivity index (χ4v) is 3.31. The number of thiazole rings is 1. The monoisotopic (exact) mass is 347 g/mol. The van der Waals surface area contributed by atoms with Gasteiger partial charge in [-0.05, 0) is 13.0 Å². The summed E-state index contributed by atoms with van der Waals surface area (Å²) in [5, 5.41) is 11.5. The third-order valence-electron chi connectivity index (χ3n) is 4.00. The molecule has 2 N–H and O–H groups in total. The van der Waals surface area contributed by atoms with Crippen molar-refractivity contribution in [3.63, 3.8) is 0 Å². The van der Waals surface area contributed by atoms with Crippen LogP contribution in [0.15, 0.2) is 16.2 Å². The first-order valence-corrected chi connectivity index (χ1v) is 8.69. The van der Waals surface area contributed by atoms with E-state index in [0.29, 0.717) is 23.2 Å². The number of aromatic nitrogens is 2. The molecule has 8 heteroatoms. The van der Waals surface area contributed by atoms with E-state index in [2.05, 4.69) is 9.97 Å². The summed E-state index contributed by atoms with van der Waals surface area (Å²) in [6.07, 6.45) is 0. The zero-order valence-corrected chi connectivity index (χ0v) is 14.2. The Morgan fingerprint density at radius 3 is 3.04 bits per heavy atom. The first-order valence-electron chi connectivity index (χ1n) is 7.81. The number of nitriles is 1. The van der Waals surface area contributed by atoms with E-state index in [1.807, 2.05) is 11.4 Å². The standard InChI is InChI=1S/C16H18N4O3S/c1-11-13(8-12(9-17)15(21)18-11)14-10-24-16(19-14)23-7-4-20-2-5-22-6-3-20/h8,10H,2-7H2,1H3,(H,18,21)/p+1. The van der Waals surface area contributed by atoms with Crippen LogP contribution in [0.5, 0.6) is 5.19 Å². The number of ether oxygens (including phenoxy) is 2. The number of pyridine rings is 1. The second-order valence-corrected chi connectivity index (χ2v) is 6.44. The number of hydrogen-bond donors (Lipinski definition) is 2. The number of aromatic amines is 1. The average molecular weight is 347 g/mol. The maximum atomic E-state index is 11.6. The molecule has 3 rings (SSSR count). The average Bonchev–Trinajstić information content (AvgIpc) is 3.04. The largest absolute Gasteiger partial charge is 0.464 e. The van der Waals surface area contributed by atoms with Crippen molar-refractivity contribution < 1.29 is 14.4 Å². The Labute approximate surface area is 143 Å². The molecule has 1 saturated heterocycles. The quantitative estimate of drug-likeness (QED) is 0.793. The molecular weight excluding hydrogens is 328 g/mol. The third-order valence-corrected chi connectivity index (χ3v) is 4.75. The number of quaternary nitrogens is 1. The van der Waals surface area contributed by atoms with Gasteiger partial charge in [-0.2, -0.15) is 5.26 Å². The van der Waals surface area contributed by atoms with Crippen LogP contribution >= 0.6 is 11.3 Å². The maximum absolute atomic E-state index is 11.6. The van der Waals surface area contributed by atoms with Crippen LogP contribution in [0.4, 0.5) is 0 Å². The first kappa shape index (κ1) is 16.6. The summed E-state index contributed by atoms with van der Waals surface area (Å²) >= 11 is 1.42. The smallest absolute Gasteiger partial charge is 0.273 e. The van der Waals surface area contributed by atoms with Crippen LogP contribution in [0.3, 0.4) is 0 Å². The van der Waals surface area contributed by atoms with Gasteiger partial charge in [-0.3, -0.25) is 4.79 Å². The van der Waals surface area contributed by atoms with Crippen molar-refractivity contribution in [1.29, 1.82) is 5.26 Å². The zero-order valence-electron chi connectivity index (χ0n) is 13.4. The Bertz CT molecular complexity index is 802. The highest BCUT2D eigenvalue weighted by Gasteiger charge is 2.15. The van der Waals surface area contributed by atoms with Crippen molar-refractivity contribution in [3.8, 4) is 22.5 Å². The summed E-state index contributed by atoms with van der Waals surface area (Å²) in [5.74, 6) is 0. The maximum Gasteiger partial charge on any atom is 0.273 e. The van der Waals surface area contributed by atoms with E-state index in [9.17, 15) is 4.79 Å². The summed E-state index contributed by atoms with van der Waals surface area (Å²) in [5.41, 5.74) is 1.85. The number of nitrogens with one attached hydrogen (secondary N) is 2. The van der Waals surface area contributed by atoms with Crippen LogP contribution in [-0.4, -0.2) is 49.4 Å². The zero-order chi connectivity index (χ0) is 16.9. The van der Waals surface area contributed by atoms with Crippen LogP contribution < -0.4 is 15.2 Å². The predicted molar refractivity (Wildman–Crippen MR) is 89.5 cm³/mol. The highest BCUT2D eigenvalue weighted by atomic mass is 32.1. The van der Waals surface area contributed by atoms with E-state index in [0.717, 1.165) is 38.4 Å². The second-order valence-electron chi connectivity index (χ2n) is 5.62. The van der Waals surface area contributed by atoms with Gasteiger partial charge in [-0.25, -0.2) is 4.98 Å². The van der Waals surface area contributed by atoms with E-state index in [-0.39, 0.29) is 11.1 Å². The first-order chi connectivity index (χ1) is 11.7. The van der Waals surface area contributed by atoms with Gasteiger partial charge in [0.1, 0.15) is 37.9 Å². The Hall–Kier alpha value is -2.21. The number of rotatable bonds is 5. The molecule has 0 bridgehead atoms. The Balaban J connectivity index is 1.65. The summed E-state index contributed by atoms with van der Waals surface area (Å²) in [6, 6.07) is 3.47. The normalized spacial score (nSPS) is 15.2. The van der Waals surface area contributed by atoms with Crippen molar-refractivity contribution in [1.82, 2.24) is 9.97 Å². The topological polar surface area (TPSA) is 92.4 Å². The molecule has 126 valence electrons. The lowest BCUT2D eigenvalue weighted by Crippen LogP contribution is -3.14. The van der Waals surface area contributed by atoms with Crippen molar-refractivity contribution in [2.24, 2.45) is 0 Å². The Morgan fingerprint density at radius 2 is 2.29 bits per heavy atom. The molecule has 24 heavy (non-hydrogen) atoms. The third kappa shape index (κ3) is 3.82. The SMILES string of the molecule is Cc1[nH]c(=O)c(C#N)cc1-c1csc(OCC[NH+]2CCOCC2)n1. The van der Waals surface area contributed by atoms with E-state index in [1.165, 1.54) is 16.2 Å². The van der Waals surface area contributed by atoms with Gasteiger partial charge in [0.25, 0.3) is 10.8 Å². The molecule has 0 radical (unpaired) electrons. The van der Waals surface area contributed by atoms with E-state index >= 15 is 0 Å².